The SMILES string of the molecule is O=C1OC(c2cccc(OC(F)F)c2)=NC1=Cc1cccc(Cl)c1. The minimum Gasteiger partial charge on any atom is -0.435 e. The first-order valence-electron chi connectivity index (χ1n) is 6.84. The summed E-state index contributed by atoms with van der Waals surface area (Å²) in [4.78, 5) is 16.0. The number of carbonyl (C=O) groups is 1. The predicted molar refractivity (Wildman–Crippen MR) is 85.1 cm³/mol. The first kappa shape index (κ1) is 16.1. The zero-order valence-corrected chi connectivity index (χ0v) is 12.8. The van der Waals surface area contributed by atoms with E-state index in [4.69, 9.17) is 16.3 Å². The second-order valence-electron chi connectivity index (χ2n) is 4.80. The predicted octanol–water partition coefficient (Wildman–Crippen LogP) is 4.29. The molecule has 0 N–H and O–H groups in total. The Balaban J connectivity index is 1.89. The number of carbonyl (C=O) groups excluding carboxylic acids is 1. The molecule has 0 spiro atoms. The third-order valence-electron chi connectivity index (χ3n) is 3.08. The van der Waals surface area contributed by atoms with Crippen LogP contribution in [0.25, 0.3) is 6.08 Å². The molecule has 0 bridgehead atoms. The van der Waals surface area contributed by atoms with Crippen molar-refractivity contribution in [2.45, 2.75) is 6.61 Å². The Morgan fingerprint density at radius 3 is 2.71 bits per heavy atom. The molecule has 0 radical (unpaired) electrons. The minimum absolute atomic E-state index is 0.0213. The smallest absolute Gasteiger partial charge is 0.387 e. The normalized spacial score (nSPS) is 15.6. The molecule has 0 aliphatic carbocycles. The minimum atomic E-state index is -2.94. The van der Waals surface area contributed by atoms with Gasteiger partial charge in [-0.1, -0.05) is 29.8 Å². The third-order valence-corrected chi connectivity index (χ3v) is 3.31. The fraction of sp³-hybridized carbons (Fsp3) is 0.0588. The highest BCUT2D eigenvalue weighted by molar-refractivity contribution is 6.30. The van der Waals surface area contributed by atoms with E-state index in [2.05, 4.69) is 9.73 Å². The second-order valence-corrected chi connectivity index (χ2v) is 5.23. The van der Waals surface area contributed by atoms with Gasteiger partial charge in [0.2, 0.25) is 5.90 Å². The average Bonchev–Trinajstić information content (AvgIpc) is 2.88. The van der Waals surface area contributed by atoms with Crippen molar-refractivity contribution in [1.29, 1.82) is 0 Å². The molecule has 0 unspecified atom stereocenters. The summed E-state index contributed by atoms with van der Waals surface area (Å²) in [5.41, 5.74) is 1.14. The van der Waals surface area contributed by atoms with Crippen molar-refractivity contribution in [2.24, 2.45) is 4.99 Å². The van der Waals surface area contributed by atoms with E-state index in [9.17, 15) is 13.6 Å². The number of hydrogen-bond acceptors (Lipinski definition) is 4. The number of aliphatic imine (C=N–C) groups is 1. The Labute approximate surface area is 141 Å². The van der Waals surface area contributed by atoms with Gasteiger partial charge < -0.3 is 9.47 Å². The lowest BCUT2D eigenvalue weighted by Gasteiger charge is -2.05. The summed E-state index contributed by atoms with van der Waals surface area (Å²) < 4.78 is 33.9. The van der Waals surface area contributed by atoms with E-state index in [1.54, 1.807) is 30.3 Å². The van der Waals surface area contributed by atoms with Gasteiger partial charge in [-0.05, 0) is 42.0 Å². The highest BCUT2D eigenvalue weighted by Gasteiger charge is 2.24. The zero-order chi connectivity index (χ0) is 17.1. The lowest BCUT2D eigenvalue weighted by Crippen LogP contribution is -2.07. The number of hydrogen-bond donors (Lipinski definition) is 0. The molecule has 0 aromatic heterocycles. The van der Waals surface area contributed by atoms with Crippen molar-refractivity contribution in [2.75, 3.05) is 0 Å². The molecule has 0 fully saturated rings. The molecule has 122 valence electrons. The first-order chi connectivity index (χ1) is 11.5. The maximum absolute atomic E-state index is 12.3. The van der Waals surface area contributed by atoms with Crippen LogP contribution in [0.4, 0.5) is 8.78 Å². The number of alkyl halides is 2. The maximum atomic E-state index is 12.3. The van der Waals surface area contributed by atoms with Gasteiger partial charge >= 0.3 is 12.6 Å². The molecular formula is C17H10ClF2NO3. The van der Waals surface area contributed by atoms with Crippen molar-refractivity contribution in [3.63, 3.8) is 0 Å². The second kappa shape index (κ2) is 6.80. The summed E-state index contributed by atoms with van der Waals surface area (Å²) in [5, 5.41) is 0.525. The van der Waals surface area contributed by atoms with E-state index in [-0.39, 0.29) is 17.3 Å². The summed E-state index contributed by atoms with van der Waals surface area (Å²) in [6.07, 6.45) is 1.53. The van der Waals surface area contributed by atoms with Crippen LogP contribution in [0.15, 0.2) is 59.2 Å². The van der Waals surface area contributed by atoms with Gasteiger partial charge in [-0.25, -0.2) is 9.79 Å². The Morgan fingerprint density at radius 2 is 1.96 bits per heavy atom. The number of nitrogens with zero attached hydrogens (tertiary/aromatic N) is 1. The Hall–Kier alpha value is -2.73. The molecule has 3 rings (SSSR count). The summed E-state index contributed by atoms with van der Waals surface area (Å²) in [5.74, 6) is -0.660. The topological polar surface area (TPSA) is 47.9 Å². The highest BCUT2D eigenvalue weighted by atomic mass is 35.5. The van der Waals surface area contributed by atoms with Crippen molar-refractivity contribution >= 4 is 29.5 Å². The first-order valence-corrected chi connectivity index (χ1v) is 7.22. The summed E-state index contributed by atoms with van der Waals surface area (Å²) in [6.45, 7) is -2.94. The summed E-state index contributed by atoms with van der Waals surface area (Å²) in [7, 11) is 0. The molecular weight excluding hydrogens is 340 g/mol. The quantitative estimate of drug-likeness (QED) is 0.611. The summed E-state index contributed by atoms with van der Waals surface area (Å²) >= 11 is 5.89. The van der Waals surface area contributed by atoms with Gasteiger partial charge in [0.05, 0.1) is 0 Å². The monoisotopic (exact) mass is 349 g/mol. The number of esters is 1. The van der Waals surface area contributed by atoms with E-state index in [0.29, 0.717) is 16.1 Å². The fourth-order valence-corrected chi connectivity index (χ4v) is 2.29. The van der Waals surface area contributed by atoms with Crippen LogP contribution in [0, 0.1) is 0 Å². The van der Waals surface area contributed by atoms with Gasteiger partial charge in [-0.3, -0.25) is 0 Å². The van der Waals surface area contributed by atoms with E-state index in [1.165, 1.54) is 24.3 Å². The molecule has 4 nitrogen and oxygen atoms in total. The standard InChI is InChI=1S/C17H10ClF2NO3/c18-12-5-1-3-10(7-12)8-14-16(22)24-15(21-14)11-4-2-6-13(9-11)23-17(19)20/h1-9,17H. The van der Waals surface area contributed by atoms with Crippen LogP contribution >= 0.6 is 11.6 Å². The van der Waals surface area contributed by atoms with Gasteiger partial charge in [0.15, 0.2) is 5.70 Å². The van der Waals surface area contributed by atoms with Crippen LogP contribution in [0.1, 0.15) is 11.1 Å². The van der Waals surface area contributed by atoms with Crippen LogP contribution in [-0.4, -0.2) is 18.5 Å². The van der Waals surface area contributed by atoms with Gasteiger partial charge in [0, 0.05) is 10.6 Å². The third kappa shape index (κ3) is 3.78. The Bertz CT molecular complexity index is 849. The van der Waals surface area contributed by atoms with E-state index < -0.39 is 12.6 Å². The van der Waals surface area contributed by atoms with Crippen LogP contribution in [0.2, 0.25) is 5.02 Å². The Kier molecular flexibility index (Phi) is 4.57. The number of benzene rings is 2. The maximum Gasteiger partial charge on any atom is 0.387 e. The average molecular weight is 350 g/mol. The molecule has 0 atom stereocenters. The summed E-state index contributed by atoms with van der Waals surface area (Å²) in [6, 6.07) is 12.7. The van der Waals surface area contributed by atoms with Crippen LogP contribution in [-0.2, 0) is 9.53 Å². The van der Waals surface area contributed by atoms with Crippen molar-refractivity contribution in [3.05, 3.63) is 70.4 Å². The van der Waals surface area contributed by atoms with Gasteiger partial charge in [0.25, 0.3) is 0 Å². The molecule has 1 heterocycles. The molecule has 7 heteroatoms. The molecule has 1 aliphatic heterocycles. The number of halogens is 3. The highest BCUT2D eigenvalue weighted by Crippen LogP contribution is 2.23. The molecule has 2 aromatic carbocycles. The van der Waals surface area contributed by atoms with Gasteiger partial charge in [0.1, 0.15) is 5.75 Å². The molecule has 1 aliphatic rings. The van der Waals surface area contributed by atoms with Crippen LogP contribution in [0.5, 0.6) is 5.75 Å². The lowest BCUT2D eigenvalue weighted by molar-refractivity contribution is -0.129. The van der Waals surface area contributed by atoms with Crippen molar-refractivity contribution in [1.82, 2.24) is 0 Å². The molecule has 0 amide bonds. The molecule has 0 saturated heterocycles. The molecule has 0 saturated carbocycles. The van der Waals surface area contributed by atoms with E-state index >= 15 is 0 Å². The van der Waals surface area contributed by atoms with Gasteiger partial charge in [-0.15, -0.1) is 0 Å². The van der Waals surface area contributed by atoms with E-state index in [1.807, 2.05) is 0 Å². The fourth-order valence-electron chi connectivity index (χ4n) is 2.09. The number of rotatable bonds is 4. The van der Waals surface area contributed by atoms with Crippen molar-refractivity contribution < 1.29 is 23.0 Å². The Morgan fingerprint density at radius 1 is 1.17 bits per heavy atom. The number of ether oxygens (including phenoxy) is 2. The van der Waals surface area contributed by atoms with Crippen LogP contribution < -0.4 is 4.74 Å². The van der Waals surface area contributed by atoms with Crippen LogP contribution in [0.3, 0.4) is 0 Å². The molecule has 2 aromatic rings. The molecule has 24 heavy (non-hydrogen) atoms. The van der Waals surface area contributed by atoms with E-state index in [0.717, 1.165) is 0 Å². The van der Waals surface area contributed by atoms with Crippen molar-refractivity contribution in [3.8, 4) is 5.75 Å². The van der Waals surface area contributed by atoms with Gasteiger partial charge in [-0.2, -0.15) is 8.78 Å². The largest absolute Gasteiger partial charge is 0.435 e. The lowest BCUT2D eigenvalue weighted by atomic mass is 10.2. The number of cyclic esters (lactones) is 1. The zero-order valence-electron chi connectivity index (χ0n) is 12.1.